The number of hydrogen-bond acceptors (Lipinski definition) is 3. The van der Waals surface area contributed by atoms with Crippen LogP contribution in [0.3, 0.4) is 0 Å². The molecule has 2 aromatic rings. The lowest BCUT2D eigenvalue weighted by atomic mass is 10.0. The first-order valence-corrected chi connectivity index (χ1v) is 7.56. The van der Waals surface area contributed by atoms with Gasteiger partial charge in [-0.25, -0.2) is 4.39 Å². The monoisotopic (exact) mass is 340 g/mol. The molecule has 0 radical (unpaired) electrons. The molecular weight excluding hydrogens is 326 g/mol. The summed E-state index contributed by atoms with van der Waals surface area (Å²) >= 11 is 12.0. The largest absolute Gasteiger partial charge is 0.399 e. The van der Waals surface area contributed by atoms with Gasteiger partial charge in [0, 0.05) is 29.9 Å². The van der Waals surface area contributed by atoms with Crippen molar-refractivity contribution in [1.82, 2.24) is 15.1 Å². The van der Waals surface area contributed by atoms with Crippen LogP contribution in [-0.4, -0.2) is 23.0 Å². The van der Waals surface area contributed by atoms with E-state index in [2.05, 4.69) is 17.0 Å². The van der Waals surface area contributed by atoms with E-state index in [1.54, 1.807) is 16.8 Å². The van der Waals surface area contributed by atoms with Gasteiger partial charge in [-0.2, -0.15) is 5.10 Å². The van der Waals surface area contributed by atoms with Crippen LogP contribution in [0.15, 0.2) is 24.8 Å². The van der Waals surface area contributed by atoms with E-state index in [9.17, 15) is 4.39 Å². The van der Waals surface area contributed by atoms with Crippen molar-refractivity contribution in [2.75, 3.05) is 13.2 Å². The minimum absolute atomic E-state index is 0.349. The van der Waals surface area contributed by atoms with Crippen LogP contribution in [0.5, 0.6) is 0 Å². The average molecular weight is 341 g/mol. The van der Waals surface area contributed by atoms with Crippen molar-refractivity contribution < 1.29 is 4.39 Å². The molecule has 3 rings (SSSR count). The van der Waals surface area contributed by atoms with Gasteiger partial charge in [-0.1, -0.05) is 35.8 Å². The van der Waals surface area contributed by atoms with E-state index < -0.39 is 6.67 Å². The molecular formula is C15H15Cl2FN4. The maximum atomic E-state index is 13.2. The van der Waals surface area contributed by atoms with Crippen LogP contribution in [0.1, 0.15) is 17.3 Å². The van der Waals surface area contributed by atoms with Crippen LogP contribution < -0.4 is 11.1 Å². The number of alkyl halides is 1. The van der Waals surface area contributed by atoms with E-state index in [4.69, 9.17) is 28.9 Å². The van der Waals surface area contributed by atoms with Crippen molar-refractivity contribution in [2.45, 2.75) is 12.6 Å². The van der Waals surface area contributed by atoms with E-state index in [1.807, 2.05) is 6.07 Å². The summed E-state index contributed by atoms with van der Waals surface area (Å²) in [6.07, 6.45) is 0. The van der Waals surface area contributed by atoms with Crippen molar-refractivity contribution in [3.8, 4) is 11.3 Å². The van der Waals surface area contributed by atoms with Gasteiger partial charge in [0.05, 0.1) is 21.8 Å². The first-order valence-electron chi connectivity index (χ1n) is 6.81. The quantitative estimate of drug-likeness (QED) is 0.900. The first-order chi connectivity index (χ1) is 10.5. The molecule has 116 valence electrons. The molecule has 1 aromatic carbocycles. The summed E-state index contributed by atoms with van der Waals surface area (Å²) in [5.41, 5.74) is 9.32. The number of nitrogens with one attached hydrogen (secondary N) is 1. The zero-order valence-electron chi connectivity index (χ0n) is 11.7. The molecule has 0 amide bonds. The second-order valence-electron chi connectivity index (χ2n) is 5.21. The smallest absolute Gasteiger partial charge is 0.113 e. The molecule has 1 aromatic heterocycles. The highest BCUT2D eigenvalue weighted by Gasteiger charge is 2.27. The molecule has 22 heavy (non-hydrogen) atoms. The molecule has 1 aliphatic rings. The van der Waals surface area contributed by atoms with Crippen molar-refractivity contribution >= 4 is 28.9 Å². The van der Waals surface area contributed by atoms with Gasteiger partial charge < -0.3 is 11.1 Å². The van der Waals surface area contributed by atoms with E-state index in [1.165, 1.54) is 0 Å². The minimum Gasteiger partial charge on any atom is -0.399 e. The Kier molecular flexibility index (Phi) is 4.12. The minimum atomic E-state index is -0.501. The number of nitrogens with two attached hydrogens (primary N) is 1. The maximum absolute atomic E-state index is 13.2. The van der Waals surface area contributed by atoms with Crippen molar-refractivity contribution in [2.24, 2.45) is 5.73 Å². The number of halogens is 3. The Hall–Kier alpha value is -1.56. The number of aromatic nitrogens is 2. The van der Waals surface area contributed by atoms with Gasteiger partial charge in [-0.05, 0) is 12.1 Å². The van der Waals surface area contributed by atoms with E-state index >= 15 is 0 Å². The molecule has 2 heterocycles. The van der Waals surface area contributed by atoms with Crippen LogP contribution in [0.4, 0.5) is 4.39 Å². The highest BCUT2D eigenvalue weighted by molar-refractivity contribution is 6.42. The zero-order valence-corrected chi connectivity index (χ0v) is 13.3. The van der Waals surface area contributed by atoms with Crippen LogP contribution >= 0.6 is 23.2 Å². The molecule has 0 spiro atoms. The average Bonchev–Trinajstić information content (AvgIpc) is 2.89. The van der Waals surface area contributed by atoms with Gasteiger partial charge >= 0.3 is 0 Å². The lowest BCUT2D eigenvalue weighted by Gasteiger charge is -2.23. The van der Waals surface area contributed by atoms with Crippen LogP contribution in [-0.2, 0) is 6.54 Å². The Balaban J connectivity index is 2.21. The van der Waals surface area contributed by atoms with Gasteiger partial charge in [0.25, 0.3) is 0 Å². The van der Waals surface area contributed by atoms with E-state index in [0.717, 1.165) is 16.8 Å². The highest BCUT2D eigenvalue weighted by Crippen LogP contribution is 2.34. The Bertz CT molecular complexity index is 741. The Morgan fingerprint density at radius 3 is 2.86 bits per heavy atom. The number of benzene rings is 1. The molecule has 1 aliphatic heterocycles. The molecule has 4 nitrogen and oxygen atoms in total. The molecule has 1 unspecified atom stereocenters. The Morgan fingerprint density at radius 2 is 2.23 bits per heavy atom. The molecule has 0 saturated heterocycles. The van der Waals surface area contributed by atoms with Crippen molar-refractivity contribution in [1.29, 1.82) is 0 Å². The SMILES string of the molecule is C=C(N)c1c(-c2ccc(Cl)c(Cl)c2)nn2c1CNCC2CF. The lowest BCUT2D eigenvalue weighted by Crippen LogP contribution is -2.35. The first kappa shape index (κ1) is 15.3. The summed E-state index contributed by atoms with van der Waals surface area (Å²) in [7, 11) is 0. The molecule has 3 N–H and O–H groups in total. The third-order valence-corrected chi connectivity index (χ3v) is 4.46. The highest BCUT2D eigenvalue weighted by atomic mass is 35.5. The fourth-order valence-corrected chi connectivity index (χ4v) is 2.99. The van der Waals surface area contributed by atoms with Crippen molar-refractivity contribution in [3.05, 3.63) is 46.1 Å². The summed E-state index contributed by atoms with van der Waals surface area (Å²) in [4.78, 5) is 0. The molecule has 0 fully saturated rings. The topological polar surface area (TPSA) is 55.9 Å². The number of fused-ring (bicyclic) bond motifs is 1. The summed E-state index contributed by atoms with van der Waals surface area (Å²) in [5.74, 6) is 0. The summed E-state index contributed by atoms with van der Waals surface area (Å²) < 4.78 is 14.9. The fraction of sp³-hybridized carbons (Fsp3) is 0.267. The van der Waals surface area contributed by atoms with Crippen molar-refractivity contribution in [3.63, 3.8) is 0 Å². The Labute approximate surface area is 137 Å². The third-order valence-electron chi connectivity index (χ3n) is 3.72. The number of nitrogens with zero attached hydrogens (tertiary/aromatic N) is 2. The van der Waals surface area contributed by atoms with E-state index in [-0.39, 0.29) is 6.04 Å². The van der Waals surface area contributed by atoms with Gasteiger partial charge in [0.15, 0.2) is 0 Å². The molecule has 1 atom stereocenters. The number of hydrogen-bond donors (Lipinski definition) is 2. The lowest BCUT2D eigenvalue weighted by molar-refractivity contribution is 0.292. The van der Waals surface area contributed by atoms with Gasteiger partial charge in [0.2, 0.25) is 0 Å². The third kappa shape index (κ3) is 2.49. The summed E-state index contributed by atoms with van der Waals surface area (Å²) in [6.45, 7) is 4.42. The second-order valence-corrected chi connectivity index (χ2v) is 6.02. The normalized spacial score (nSPS) is 17.3. The van der Waals surface area contributed by atoms with Gasteiger partial charge in [-0.15, -0.1) is 0 Å². The van der Waals surface area contributed by atoms with Gasteiger partial charge in [-0.3, -0.25) is 4.68 Å². The standard InChI is InChI=1S/C15H15Cl2FN4/c1-8(19)14-13-7-20-6-10(5-18)22(13)21-15(14)9-2-3-11(16)12(17)4-9/h2-4,10,20H,1,5-7,19H2. The maximum Gasteiger partial charge on any atom is 0.113 e. The molecule has 0 aliphatic carbocycles. The fourth-order valence-electron chi connectivity index (χ4n) is 2.69. The van der Waals surface area contributed by atoms with E-state index in [0.29, 0.717) is 34.5 Å². The second kappa shape index (κ2) is 5.91. The van der Waals surface area contributed by atoms with Crippen LogP contribution in [0.25, 0.3) is 17.0 Å². The number of rotatable bonds is 3. The zero-order chi connectivity index (χ0) is 15.9. The predicted molar refractivity (Wildman–Crippen MR) is 87.6 cm³/mol. The molecule has 0 bridgehead atoms. The summed E-state index contributed by atoms with van der Waals surface area (Å²) in [6, 6.07) is 4.89. The summed E-state index contributed by atoms with van der Waals surface area (Å²) in [5, 5.41) is 8.63. The predicted octanol–water partition coefficient (Wildman–Crippen LogP) is 3.40. The van der Waals surface area contributed by atoms with Gasteiger partial charge in [0.1, 0.15) is 12.4 Å². The Morgan fingerprint density at radius 1 is 1.45 bits per heavy atom. The molecule has 7 heteroatoms. The van der Waals surface area contributed by atoms with Crippen LogP contribution in [0.2, 0.25) is 10.0 Å². The van der Waals surface area contributed by atoms with Crippen LogP contribution in [0, 0.1) is 0 Å². The molecule has 0 saturated carbocycles.